The van der Waals surface area contributed by atoms with Crippen molar-refractivity contribution in [2.24, 2.45) is 0 Å². The number of aromatic nitrogens is 3. The first-order valence-electron chi connectivity index (χ1n) is 8.42. The first kappa shape index (κ1) is 16.5. The number of nitrogens with one attached hydrogen (secondary N) is 1. The Kier molecular flexibility index (Phi) is 4.50. The van der Waals surface area contributed by atoms with Gasteiger partial charge in [-0.3, -0.25) is 4.79 Å². The highest BCUT2D eigenvalue weighted by Gasteiger charge is 2.09. The van der Waals surface area contributed by atoms with E-state index < -0.39 is 0 Å². The van der Waals surface area contributed by atoms with Crippen LogP contribution in [0.2, 0.25) is 0 Å². The summed E-state index contributed by atoms with van der Waals surface area (Å²) in [5.74, 6) is -0.0796. The molecule has 0 unspecified atom stereocenters. The molecule has 0 atom stereocenters. The molecule has 4 aromatic rings. The number of aryl methyl sites for hydroxylation is 1. The summed E-state index contributed by atoms with van der Waals surface area (Å²) < 4.78 is 1.89. The number of benzene rings is 1. The number of pyridine rings is 1. The molecule has 0 aliphatic rings. The van der Waals surface area contributed by atoms with Crippen molar-refractivity contribution < 1.29 is 4.79 Å². The Labute approximate surface area is 155 Å². The maximum absolute atomic E-state index is 12.4. The van der Waals surface area contributed by atoms with Crippen LogP contribution in [0.25, 0.3) is 16.9 Å². The van der Waals surface area contributed by atoms with Gasteiger partial charge in [-0.05, 0) is 19.1 Å². The van der Waals surface area contributed by atoms with E-state index >= 15 is 0 Å². The van der Waals surface area contributed by atoms with Gasteiger partial charge in [0, 0.05) is 35.8 Å². The SMILES string of the molecule is Cc1ncsc1CCNC(=O)c1ccc2nc(-c3ccccc3)cn2c1. The lowest BCUT2D eigenvalue weighted by Gasteiger charge is -2.05. The Hall–Kier alpha value is -2.99. The normalized spacial score (nSPS) is 11.0. The molecule has 1 aromatic carbocycles. The highest BCUT2D eigenvalue weighted by molar-refractivity contribution is 7.09. The molecule has 0 spiro atoms. The van der Waals surface area contributed by atoms with Gasteiger partial charge in [0.2, 0.25) is 0 Å². The van der Waals surface area contributed by atoms with E-state index in [-0.39, 0.29) is 5.91 Å². The van der Waals surface area contributed by atoms with Crippen molar-refractivity contribution in [2.75, 3.05) is 6.54 Å². The molecule has 4 rings (SSSR count). The van der Waals surface area contributed by atoms with Gasteiger partial charge in [0.1, 0.15) is 5.65 Å². The molecule has 1 N–H and O–H groups in total. The summed E-state index contributed by atoms with van der Waals surface area (Å²) in [5.41, 5.74) is 6.27. The second-order valence-corrected chi connectivity index (χ2v) is 6.98. The standard InChI is InChI=1S/C20H18N4OS/c1-14-18(26-13-22-14)9-10-21-20(25)16-7-8-19-23-17(12-24(19)11-16)15-5-3-2-4-6-15/h2-8,11-13H,9-10H2,1H3,(H,21,25). The number of hydrogen-bond acceptors (Lipinski definition) is 4. The van der Waals surface area contributed by atoms with Gasteiger partial charge in [-0.1, -0.05) is 30.3 Å². The van der Waals surface area contributed by atoms with E-state index in [0.717, 1.165) is 29.0 Å². The summed E-state index contributed by atoms with van der Waals surface area (Å²) in [6.45, 7) is 2.59. The molecule has 5 nitrogen and oxygen atoms in total. The highest BCUT2D eigenvalue weighted by atomic mass is 32.1. The minimum atomic E-state index is -0.0796. The zero-order valence-corrected chi connectivity index (χ0v) is 15.2. The molecule has 0 aliphatic carbocycles. The number of rotatable bonds is 5. The third-order valence-corrected chi connectivity index (χ3v) is 5.26. The monoisotopic (exact) mass is 362 g/mol. The average Bonchev–Trinajstić information content (AvgIpc) is 3.28. The van der Waals surface area contributed by atoms with E-state index in [2.05, 4.69) is 15.3 Å². The minimum absolute atomic E-state index is 0.0796. The predicted molar refractivity (Wildman–Crippen MR) is 104 cm³/mol. The Morgan fingerprint density at radius 2 is 2.00 bits per heavy atom. The van der Waals surface area contributed by atoms with E-state index in [0.29, 0.717) is 12.1 Å². The van der Waals surface area contributed by atoms with Crippen LogP contribution in [0.5, 0.6) is 0 Å². The van der Waals surface area contributed by atoms with E-state index in [1.807, 2.05) is 71.7 Å². The molecule has 0 bridgehead atoms. The van der Waals surface area contributed by atoms with Crippen molar-refractivity contribution in [3.63, 3.8) is 0 Å². The quantitative estimate of drug-likeness (QED) is 0.588. The fourth-order valence-electron chi connectivity index (χ4n) is 2.83. The number of carbonyl (C=O) groups is 1. The molecule has 6 heteroatoms. The van der Waals surface area contributed by atoms with Crippen LogP contribution < -0.4 is 5.32 Å². The van der Waals surface area contributed by atoms with Crippen LogP contribution in [0.15, 0.2) is 60.4 Å². The van der Waals surface area contributed by atoms with E-state index in [1.54, 1.807) is 11.3 Å². The highest BCUT2D eigenvalue weighted by Crippen LogP contribution is 2.19. The molecular formula is C20H18N4OS. The second-order valence-electron chi connectivity index (χ2n) is 6.04. The van der Waals surface area contributed by atoms with Gasteiger partial charge >= 0.3 is 0 Å². The molecule has 0 radical (unpaired) electrons. The van der Waals surface area contributed by atoms with Crippen molar-refractivity contribution in [3.05, 3.63) is 76.5 Å². The second kappa shape index (κ2) is 7.09. The maximum atomic E-state index is 12.4. The topological polar surface area (TPSA) is 59.3 Å². The number of hydrogen-bond donors (Lipinski definition) is 1. The number of carbonyl (C=O) groups excluding carboxylic acids is 1. The lowest BCUT2D eigenvalue weighted by Crippen LogP contribution is -2.25. The van der Waals surface area contributed by atoms with Crippen LogP contribution >= 0.6 is 11.3 Å². The molecule has 3 heterocycles. The van der Waals surface area contributed by atoms with Gasteiger partial charge < -0.3 is 9.72 Å². The molecule has 0 aliphatic heterocycles. The first-order chi connectivity index (χ1) is 12.7. The van der Waals surface area contributed by atoms with Crippen LogP contribution in [0.3, 0.4) is 0 Å². The molecule has 1 amide bonds. The molecule has 3 aromatic heterocycles. The lowest BCUT2D eigenvalue weighted by molar-refractivity contribution is 0.0953. The Morgan fingerprint density at radius 3 is 2.77 bits per heavy atom. The summed E-state index contributed by atoms with van der Waals surface area (Å²) in [4.78, 5) is 22.5. The minimum Gasteiger partial charge on any atom is -0.352 e. The van der Waals surface area contributed by atoms with Gasteiger partial charge in [0.15, 0.2) is 0 Å². The number of nitrogens with zero attached hydrogens (tertiary/aromatic N) is 3. The predicted octanol–water partition coefficient (Wildman–Crippen LogP) is 3.74. The van der Waals surface area contributed by atoms with Gasteiger partial charge in [-0.25, -0.2) is 9.97 Å². The fourth-order valence-corrected chi connectivity index (χ4v) is 3.61. The first-order valence-corrected chi connectivity index (χ1v) is 9.30. The largest absolute Gasteiger partial charge is 0.352 e. The summed E-state index contributed by atoms with van der Waals surface area (Å²) in [6, 6.07) is 13.7. The number of imidazole rings is 1. The number of thiazole rings is 1. The lowest BCUT2D eigenvalue weighted by atomic mass is 10.2. The van der Waals surface area contributed by atoms with Crippen molar-refractivity contribution in [3.8, 4) is 11.3 Å². The van der Waals surface area contributed by atoms with Crippen LogP contribution in [-0.4, -0.2) is 26.8 Å². The van der Waals surface area contributed by atoms with Crippen LogP contribution in [0.1, 0.15) is 20.9 Å². The fraction of sp³-hybridized carbons (Fsp3) is 0.150. The summed E-state index contributed by atoms with van der Waals surface area (Å²) in [5, 5.41) is 2.97. The third kappa shape index (κ3) is 3.36. The molecular weight excluding hydrogens is 344 g/mol. The molecule has 0 saturated heterocycles. The number of amides is 1. The summed E-state index contributed by atoms with van der Waals surface area (Å²) in [6.07, 6.45) is 4.57. The van der Waals surface area contributed by atoms with Gasteiger partial charge in [0.25, 0.3) is 5.91 Å². The van der Waals surface area contributed by atoms with E-state index in [4.69, 9.17) is 0 Å². The van der Waals surface area contributed by atoms with Crippen LogP contribution in [-0.2, 0) is 6.42 Å². The Morgan fingerprint density at radius 1 is 1.15 bits per heavy atom. The van der Waals surface area contributed by atoms with Crippen molar-refractivity contribution in [1.29, 1.82) is 0 Å². The third-order valence-electron chi connectivity index (χ3n) is 4.27. The van der Waals surface area contributed by atoms with Crippen molar-refractivity contribution in [1.82, 2.24) is 19.7 Å². The molecule has 130 valence electrons. The molecule has 0 saturated carbocycles. The average molecular weight is 362 g/mol. The smallest absolute Gasteiger partial charge is 0.252 e. The van der Waals surface area contributed by atoms with Crippen molar-refractivity contribution in [2.45, 2.75) is 13.3 Å². The number of fused-ring (bicyclic) bond motifs is 1. The van der Waals surface area contributed by atoms with E-state index in [9.17, 15) is 4.79 Å². The van der Waals surface area contributed by atoms with Gasteiger partial charge in [0.05, 0.1) is 22.5 Å². The zero-order chi connectivity index (χ0) is 17.9. The summed E-state index contributed by atoms with van der Waals surface area (Å²) in [7, 11) is 0. The summed E-state index contributed by atoms with van der Waals surface area (Å²) >= 11 is 1.62. The zero-order valence-electron chi connectivity index (χ0n) is 14.3. The molecule has 0 fully saturated rings. The Bertz CT molecular complexity index is 1050. The van der Waals surface area contributed by atoms with Gasteiger partial charge in [-0.15, -0.1) is 11.3 Å². The van der Waals surface area contributed by atoms with Crippen LogP contribution in [0, 0.1) is 6.92 Å². The van der Waals surface area contributed by atoms with E-state index in [1.165, 1.54) is 4.88 Å². The van der Waals surface area contributed by atoms with Crippen LogP contribution in [0.4, 0.5) is 0 Å². The van der Waals surface area contributed by atoms with Crippen molar-refractivity contribution >= 4 is 22.9 Å². The van der Waals surface area contributed by atoms with Gasteiger partial charge in [-0.2, -0.15) is 0 Å². The molecule has 26 heavy (non-hydrogen) atoms. The maximum Gasteiger partial charge on any atom is 0.252 e. The Balaban J connectivity index is 1.48.